The summed E-state index contributed by atoms with van der Waals surface area (Å²) in [7, 11) is 0. The maximum Gasteiger partial charge on any atom is 0.321 e. The van der Waals surface area contributed by atoms with E-state index < -0.39 is 11.9 Å². The Hall–Kier alpha value is -2.53. The van der Waals surface area contributed by atoms with E-state index in [1.807, 2.05) is 18.2 Å². The number of anilines is 1. The number of nitrogen functional groups attached to an aromatic ring is 1. The van der Waals surface area contributed by atoms with Crippen molar-refractivity contribution < 1.29 is 9.59 Å². The van der Waals surface area contributed by atoms with Gasteiger partial charge in [0.2, 0.25) is 0 Å². The summed E-state index contributed by atoms with van der Waals surface area (Å²) in [4.78, 5) is 23.5. The molecule has 0 aliphatic carbocycles. The molecule has 114 valence electrons. The maximum atomic E-state index is 11.8. The molecule has 2 aromatic carbocycles. The van der Waals surface area contributed by atoms with Crippen LogP contribution >= 0.6 is 11.6 Å². The van der Waals surface area contributed by atoms with Crippen molar-refractivity contribution in [3.8, 4) is 0 Å². The van der Waals surface area contributed by atoms with Crippen molar-refractivity contribution in [1.82, 2.24) is 10.6 Å². The molecule has 0 saturated heterocycles. The molecule has 2 rings (SSSR count). The van der Waals surface area contributed by atoms with Crippen LogP contribution in [0.4, 0.5) is 10.5 Å². The van der Waals surface area contributed by atoms with Crippen LogP contribution in [0.3, 0.4) is 0 Å². The van der Waals surface area contributed by atoms with Gasteiger partial charge < -0.3 is 11.1 Å². The minimum atomic E-state index is -0.547. The number of halogens is 1. The van der Waals surface area contributed by atoms with Gasteiger partial charge >= 0.3 is 6.03 Å². The first kappa shape index (κ1) is 15.9. The number of carbonyl (C=O) groups is 2. The molecule has 0 saturated carbocycles. The largest absolute Gasteiger partial charge is 0.399 e. The van der Waals surface area contributed by atoms with Gasteiger partial charge in [0.05, 0.1) is 0 Å². The van der Waals surface area contributed by atoms with E-state index >= 15 is 0 Å². The summed E-state index contributed by atoms with van der Waals surface area (Å²) in [5.41, 5.74) is 7.41. The van der Waals surface area contributed by atoms with Crippen molar-refractivity contribution in [2.45, 2.75) is 6.42 Å². The standard InChI is InChI=1S/C16H16ClN3O2/c17-14-4-2-1-3-11(14)9-10-19-16(22)20-15(21)12-5-7-13(18)8-6-12/h1-8H,9-10,18H2,(H2,19,20,21,22). The predicted molar refractivity (Wildman–Crippen MR) is 86.9 cm³/mol. The molecule has 22 heavy (non-hydrogen) atoms. The highest BCUT2D eigenvalue weighted by molar-refractivity contribution is 6.31. The maximum absolute atomic E-state index is 11.8. The molecular formula is C16H16ClN3O2. The zero-order valence-electron chi connectivity index (χ0n) is 11.8. The fraction of sp³-hybridized carbons (Fsp3) is 0.125. The Morgan fingerprint density at radius 3 is 2.41 bits per heavy atom. The van der Waals surface area contributed by atoms with Crippen LogP contribution in [0.1, 0.15) is 15.9 Å². The molecule has 0 atom stereocenters. The summed E-state index contributed by atoms with van der Waals surface area (Å²) >= 11 is 6.02. The zero-order chi connectivity index (χ0) is 15.9. The molecule has 4 N–H and O–H groups in total. The van der Waals surface area contributed by atoms with Crippen LogP contribution < -0.4 is 16.4 Å². The molecule has 0 radical (unpaired) electrons. The topological polar surface area (TPSA) is 84.2 Å². The third-order valence-corrected chi connectivity index (χ3v) is 3.41. The highest BCUT2D eigenvalue weighted by Crippen LogP contribution is 2.14. The quantitative estimate of drug-likeness (QED) is 0.758. The minimum absolute atomic E-state index is 0.371. The Morgan fingerprint density at radius 1 is 1.05 bits per heavy atom. The van der Waals surface area contributed by atoms with E-state index in [2.05, 4.69) is 10.6 Å². The van der Waals surface area contributed by atoms with Crippen molar-refractivity contribution in [3.63, 3.8) is 0 Å². The summed E-state index contributed by atoms with van der Waals surface area (Å²) in [5.74, 6) is -0.477. The fourth-order valence-electron chi connectivity index (χ4n) is 1.87. The van der Waals surface area contributed by atoms with Gasteiger partial charge in [0.25, 0.3) is 5.91 Å². The van der Waals surface area contributed by atoms with Crippen LogP contribution in [0.2, 0.25) is 5.02 Å². The monoisotopic (exact) mass is 317 g/mol. The van der Waals surface area contributed by atoms with Gasteiger partial charge in [-0.3, -0.25) is 10.1 Å². The molecule has 0 fully saturated rings. The van der Waals surface area contributed by atoms with Crippen molar-refractivity contribution in [2.24, 2.45) is 0 Å². The van der Waals surface area contributed by atoms with E-state index in [0.29, 0.717) is 29.2 Å². The van der Waals surface area contributed by atoms with Gasteiger partial charge in [-0.15, -0.1) is 0 Å². The second-order valence-electron chi connectivity index (χ2n) is 4.67. The molecule has 0 spiro atoms. The van der Waals surface area contributed by atoms with Crippen LogP contribution in [0, 0.1) is 0 Å². The number of imide groups is 1. The Morgan fingerprint density at radius 2 is 1.73 bits per heavy atom. The summed E-state index contributed by atoms with van der Waals surface area (Å²) in [5, 5.41) is 5.53. The van der Waals surface area contributed by atoms with Crippen molar-refractivity contribution >= 4 is 29.2 Å². The normalized spacial score (nSPS) is 10.0. The third kappa shape index (κ3) is 4.49. The lowest BCUT2D eigenvalue weighted by molar-refractivity contribution is 0.0964. The van der Waals surface area contributed by atoms with E-state index in [4.69, 9.17) is 17.3 Å². The van der Waals surface area contributed by atoms with E-state index in [-0.39, 0.29) is 0 Å². The smallest absolute Gasteiger partial charge is 0.321 e. The molecule has 0 heterocycles. The number of rotatable bonds is 4. The van der Waals surface area contributed by atoms with Gasteiger partial charge in [0.1, 0.15) is 0 Å². The first-order valence-electron chi connectivity index (χ1n) is 6.74. The number of hydrogen-bond donors (Lipinski definition) is 3. The number of hydrogen-bond acceptors (Lipinski definition) is 3. The molecule has 6 heteroatoms. The first-order chi connectivity index (χ1) is 10.6. The number of nitrogens with two attached hydrogens (primary N) is 1. The Bertz CT molecular complexity index is 671. The van der Waals surface area contributed by atoms with Gasteiger partial charge in [-0.25, -0.2) is 4.79 Å². The van der Waals surface area contributed by atoms with E-state index in [0.717, 1.165) is 5.56 Å². The number of carbonyl (C=O) groups excluding carboxylic acids is 2. The van der Waals surface area contributed by atoms with Crippen LogP contribution in [-0.4, -0.2) is 18.5 Å². The lowest BCUT2D eigenvalue weighted by Gasteiger charge is -2.08. The highest BCUT2D eigenvalue weighted by Gasteiger charge is 2.09. The third-order valence-electron chi connectivity index (χ3n) is 3.04. The molecule has 0 aromatic heterocycles. The van der Waals surface area contributed by atoms with Crippen LogP contribution in [0.5, 0.6) is 0 Å². The Labute approximate surface area is 133 Å². The lowest BCUT2D eigenvalue weighted by Crippen LogP contribution is -2.40. The summed E-state index contributed by atoms with van der Waals surface area (Å²) in [6.45, 7) is 0.380. The molecule has 0 aliphatic rings. The molecule has 0 aliphatic heterocycles. The average Bonchev–Trinajstić information content (AvgIpc) is 2.50. The van der Waals surface area contributed by atoms with Gasteiger partial charge in [0.15, 0.2) is 0 Å². The summed E-state index contributed by atoms with van der Waals surface area (Å²) < 4.78 is 0. The van der Waals surface area contributed by atoms with Crippen molar-refractivity contribution in [2.75, 3.05) is 12.3 Å². The number of urea groups is 1. The van der Waals surface area contributed by atoms with Gasteiger partial charge in [-0.2, -0.15) is 0 Å². The number of amides is 3. The predicted octanol–water partition coefficient (Wildman–Crippen LogP) is 2.60. The average molecular weight is 318 g/mol. The van der Waals surface area contributed by atoms with Crippen LogP contribution in [0.15, 0.2) is 48.5 Å². The SMILES string of the molecule is Nc1ccc(C(=O)NC(=O)NCCc2ccccc2Cl)cc1. The molecule has 0 unspecified atom stereocenters. The molecule has 3 amide bonds. The van der Waals surface area contributed by atoms with E-state index in [1.165, 1.54) is 0 Å². The van der Waals surface area contributed by atoms with Gasteiger partial charge in [-0.05, 0) is 42.3 Å². The van der Waals surface area contributed by atoms with Crippen LogP contribution in [0.25, 0.3) is 0 Å². The summed E-state index contributed by atoms with van der Waals surface area (Å²) in [6.07, 6.45) is 0.586. The molecule has 5 nitrogen and oxygen atoms in total. The summed E-state index contributed by atoms with van der Waals surface area (Å²) in [6, 6.07) is 13.2. The van der Waals surface area contributed by atoms with Crippen molar-refractivity contribution in [1.29, 1.82) is 0 Å². The Balaban J connectivity index is 1.79. The van der Waals surface area contributed by atoms with Crippen LogP contribution in [-0.2, 0) is 6.42 Å². The zero-order valence-corrected chi connectivity index (χ0v) is 12.6. The number of benzene rings is 2. The van der Waals surface area contributed by atoms with E-state index in [1.54, 1.807) is 30.3 Å². The van der Waals surface area contributed by atoms with Gasteiger partial charge in [0, 0.05) is 22.8 Å². The minimum Gasteiger partial charge on any atom is -0.399 e. The molecule has 2 aromatic rings. The Kier molecular flexibility index (Phi) is 5.38. The van der Waals surface area contributed by atoms with Gasteiger partial charge in [-0.1, -0.05) is 29.8 Å². The number of nitrogens with one attached hydrogen (secondary N) is 2. The first-order valence-corrected chi connectivity index (χ1v) is 7.12. The molecular weight excluding hydrogens is 302 g/mol. The second-order valence-corrected chi connectivity index (χ2v) is 5.08. The van der Waals surface area contributed by atoms with E-state index in [9.17, 15) is 9.59 Å². The highest BCUT2D eigenvalue weighted by atomic mass is 35.5. The lowest BCUT2D eigenvalue weighted by atomic mass is 10.1. The van der Waals surface area contributed by atoms with Crippen molar-refractivity contribution in [3.05, 3.63) is 64.7 Å². The second kappa shape index (κ2) is 7.47. The molecule has 0 bridgehead atoms. The fourth-order valence-corrected chi connectivity index (χ4v) is 2.10.